The molecule has 1 aliphatic rings. The van der Waals surface area contributed by atoms with Crippen molar-refractivity contribution in [2.45, 2.75) is 52.2 Å². The molecule has 0 saturated carbocycles. The molecule has 0 aliphatic carbocycles. The summed E-state index contributed by atoms with van der Waals surface area (Å²) in [6, 6.07) is 21.8. The van der Waals surface area contributed by atoms with Gasteiger partial charge in [0.25, 0.3) is 5.91 Å². The fourth-order valence-electron chi connectivity index (χ4n) is 4.54. The van der Waals surface area contributed by atoms with Crippen molar-refractivity contribution in [2.24, 2.45) is 0 Å². The third kappa shape index (κ3) is 5.48. The number of ether oxygens (including phenoxy) is 1. The van der Waals surface area contributed by atoms with Crippen LogP contribution in [0.15, 0.2) is 66.7 Å². The first-order chi connectivity index (χ1) is 16.2. The topological polar surface area (TPSA) is 66.8 Å². The first kappa shape index (κ1) is 23.6. The average molecular weight is 458 g/mol. The Kier molecular flexibility index (Phi) is 6.73. The molecule has 0 fully saturated rings. The molecule has 0 saturated heterocycles. The molecule has 1 heterocycles. The molecule has 1 N–H and O–H groups in total. The van der Waals surface area contributed by atoms with Crippen LogP contribution in [0.2, 0.25) is 0 Å². The lowest BCUT2D eigenvalue weighted by molar-refractivity contribution is -0.137. The fraction of sp³-hybridized carbons (Fsp3) is 0.310. The molecule has 0 unspecified atom stereocenters. The highest BCUT2D eigenvalue weighted by atomic mass is 16.5. The molecule has 1 amide bonds. The van der Waals surface area contributed by atoms with E-state index in [-0.39, 0.29) is 24.6 Å². The summed E-state index contributed by atoms with van der Waals surface area (Å²) >= 11 is 0. The number of carbonyl (C=O) groups excluding carboxylic acids is 1. The monoisotopic (exact) mass is 457 g/mol. The van der Waals surface area contributed by atoms with E-state index >= 15 is 0 Å². The molecule has 0 spiro atoms. The lowest BCUT2D eigenvalue weighted by atomic mass is 9.91. The number of hydrogen-bond acceptors (Lipinski definition) is 3. The Morgan fingerprint density at radius 2 is 1.62 bits per heavy atom. The molecule has 3 aromatic rings. The molecule has 0 radical (unpaired) electrons. The lowest BCUT2D eigenvalue weighted by Gasteiger charge is -2.24. The maximum absolute atomic E-state index is 13.3. The molecular formula is C29H31NO4. The van der Waals surface area contributed by atoms with E-state index in [0.29, 0.717) is 12.0 Å². The van der Waals surface area contributed by atoms with Crippen molar-refractivity contribution >= 4 is 11.9 Å². The van der Waals surface area contributed by atoms with Crippen LogP contribution in [0.3, 0.4) is 0 Å². The Labute approximate surface area is 201 Å². The summed E-state index contributed by atoms with van der Waals surface area (Å²) in [5.74, 6) is -0.547. The standard InChI is InChI=1S/C29H31NO4/c1-4-21-9-11-22(12-10-21)16-29(3)17-25-15-24(13-14-26(25)34-29)28(33)30(19-27(31)32)18-23-7-5-20(2)6-8-23/h5-15H,4,16-19H2,1-3H3,(H,31,32)/t29-/m1/s1. The molecule has 4 rings (SSSR count). The zero-order chi connectivity index (χ0) is 24.3. The van der Waals surface area contributed by atoms with E-state index < -0.39 is 5.97 Å². The maximum atomic E-state index is 13.3. The van der Waals surface area contributed by atoms with Gasteiger partial charge in [0.05, 0.1) is 0 Å². The SMILES string of the molecule is CCc1ccc(C[C@]2(C)Cc3cc(C(=O)N(CC(=O)O)Cc4ccc(C)cc4)ccc3O2)cc1. The van der Waals surface area contributed by atoms with Gasteiger partial charge in [0.2, 0.25) is 0 Å². The summed E-state index contributed by atoms with van der Waals surface area (Å²) in [6.45, 7) is 6.11. The first-order valence-corrected chi connectivity index (χ1v) is 11.7. The minimum Gasteiger partial charge on any atom is -0.487 e. The molecule has 0 bridgehead atoms. The molecule has 5 nitrogen and oxygen atoms in total. The van der Waals surface area contributed by atoms with E-state index in [1.54, 1.807) is 6.07 Å². The molecule has 176 valence electrons. The van der Waals surface area contributed by atoms with Gasteiger partial charge in [-0.25, -0.2) is 0 Å². The van der Waals surface area contributed by atoms with Gasteiger partial charge in [-0.1, -0.05) is 61.0 Å². The predicted molar refractivity (Wildman–Crippen MR) is 132 cm³/mol. The predicted octanol–water partition coefficient (Wildman–Crippen LogP) is 5.22. The third-order valence-electron chi connectivity index (χ3n) is 6.34. The largest absolute Gasteiger partial charge is 0.487 e. The van der Waals surface area contributed by atoms with Gasteiger partial charge in [0.1, 0.15) is 17.9 Å². The van der Waals surface area contributed by atoms with Crippen molar-refractivity contribution < 1.29 is 19.4 Å². The highest BCUT2D eigenvalue weighted by Crippen LogP contribution is 2.37. The van der Waals surface area contributed by atoms with E-state index in [4.69, 9.17) is 4.74 Å². The molecule has 1 atom stereocenters. The van der Waals surface area contributed by atoms with Crippen molar-refractivity contribution in [1.82, 2.24) is 4.90 Å². The van der Waals surface area contributed by atoms with Crippen molar-refractivity contribution in [3.63, 3.8) is 0 Å². The lowest BCUT2D eigenvalue weighted by Crippen LogP contribution is -2.35. The van der Waals surface area contributed by atoms with Crippen molar-refractivity contribution in [2.75, 3.05) is 6.54 Å². The number of rotatable bonds is 8. The van der Waals surface area contributed by atoms with Crippen LogP contribution < -0.4 is 4.74 Å². The van der Waals surface area contributed by atoms with Crippen LogP contribution in [0.4, 0.5) is 0 Å². The van der Waals surface area contributed by atoms with Crippen LogP contribution in [0.25, 0.3) is 0 Å². The van der Waals surface area contributed by atoms with Crippen LogP contribution in [0.5, 0.6) is 5.75 Å². The number of hydrogen-bond donors (Lipinski definition) is 1. The number of nitrogens with zero attached hydrogens (tertiary/aromatic N) is 1. The normalized spacial score (nSPS) is 16.6. The van der Waals surface area contributed by atoms with Gasteiger partial charge in [0.15, 0.2) is 0 Å². The Hall–Kier alpha value is -3.60. The second-order valence-electron chi connectivity index (χ2n) is 9.44. The molecule has 1 aliphatic heterocycles. The summed E-state index contributed by atoms with van der Waals surface area (Å²) < 4.78 is 6.30. The number of benzene rings is 3. The minimum atomic E-state index is -1.04. The smallest absolute Gasteiger partial charge is 0.323 e. The quantitative estimate of drug-likeness (QED) is 0.504. The zero-order valence-corrected chi connectivity index (χ0v) is 20.0. The van der Waals surface area contributed by atoms with Crippen LogP contribution >= 0.6 is 0 Å². The number of carboxylic acid groups (broad SMARTS) is 1. The fourth-order valence-corrected chi connectivity index (χ4v) is 4.54. The van der Waals surface area contributed by atoms with E-state index in [9.17, 15) is 14.7 Å². The molecule has 5 heteroatoms. The Balaban J connectivity index is 1.51. The van der Waals surface area contributed by atoms with Gasteiger partial charge in [0, 0.05) is 24.9 Å². The number of aryl methyl sites for hydroxylation is 2. The summed E-state index contributed by atoms with van der Waals surface area (Å²) in [7, 11) is 0. The van der Waals surface area contributed by atoms with Gasteiger partial charge >= 0.3 is 5.97 Å². The summed E-state index contributed by atoms with van der Waals surface area (Å²) in [5, 5.41) is 9.38. The summed E-state index contributed by atoms with van der Waals surface area (Å²) in [6.07, 6.45) is 2.47. The van der Waals surface area contributed by atoms with Gasteiger partial charge in [-0.2, -0.15) is 0 Å². The first-order valence-electron chi connectivity index (χ1n) is 11.7. The average Bonchev–Trinajstić information content (AvgIpc) is 3.14. The number of carboxylic acids is 1. The van der Waals surface area contributed by atoms with Crippen LogP contribution in [-0.2, 0) is 30.6 Å². The molecule has 0 aromatic heterocycles. The Morgan fingerprint density at radius 3 is 2.26 bits per heavy atom. The van der Waals surface area contributed by atoms with Crippen molar-refractivity contribution in [1.29, 1.82) is 0 Å². The van der Waals surface area contributed by atoms with E-state index in [1.807, 2.05) is 43.3 Å². The van der Waals surface area contributed by atoms with Crippen molar-refractivity contribution in [3.8, 4) is 5.75 Å². The van der Waals surface area contributed by atoms with Gasteiger partial charge in [-0.15, -0.1) is 0 Å². The number of amides is 1. The highest BCUT2D eigenvalue weighted by Gasteiger charge is 2.35. The van der Waals surface area contributed by atoms with Crippen molar-refractivity contribution in [3.05, 3.63) is 100 Å². The Bertz CT molecular complexity index is 1180. The number of fused-ring (bicyclic) bond motifs is 1. The maximum Gasteiger partial charge on any atom is 0.323 e. The second-order valence-corrected chi connectivity index (χ2v) is 9.44. The van der Waals surface area contributed by atoms with Gasteiger partial charge in [-0.05, 0) is 60.7 Å². The number of carbonyl (C=O) groups is 2. The van der Waals surface area contributed by atoms with E-state index in [2.05, 4.69) is 38.1 Å². The number of aliphatic carboxylic acids is 1. The second kappa shape index (κ2) is 9.72. The minimum absolute atomic E-state index is 0.241. The van der Waals surface area contributed by atoms with Gasteiger partial charge < -0.3 is 14.7 Å². The third-order valence-corrected chi connectivity index (χ3v) is 6.34. The van der Waals surface area contributed by atoms with Crippen LogP contribution in [0, 0.1) is 6.92 Å². The molecular weight excluding hydrogens is 426 g/mol. The van der Waals surface area contributed by atoms with E-state index in [0.717, 1.165) is 35.3 Å². The highest BCUT2D eigenvalue weighted by molar-refractivity contribution is 5.96. The van der Waals surface area contributed by atoms with Crippen LogP contribution in [-0.4, -0.2) is 34.0 Å². The molecule has 3 aromatic carbocycles. The van der Waals surface area contributed by atoms with Crippen LogP contribution in [0.1, 0.15) is 52.0 Å². The Morgan fingerprint density at radius 1 is 0.971 bits per heavy atom. The zero-order valence-electron chi connectivity index (χ0n) is 20.0. The summed E-state index contributed by atoms with van der Waals surface area (Å²) in [5.41, 5.74) is 5.60. The molecule has 34 heavy (non-hydrogen) atoms. The summed E-state index contributed by atoms with van der Waals surface area (Å²) in [4.78, 5) is 26.1. The van der Waals surface area contributed by atoms with E-state index in [1.165, 1.54) is 16.0 Å². The van der Waals surface area contributed by atoms with Gasteiger partial charge in [-0.3, -0.25) is 9.59 Å².